The van der Waals surface area contributed by atoms with Gasteiger partial charge in [0.05, 0.1) is 9.40 Å². The number of aryl methyl sites for hydroxylation is 1. The molecule has 0 unspecified atom stereocenters. The normalized spacial score (nSPS) is 10.6. The highest BCUT2D eigenvalue weighted by molar-refractivity contribution is 9.10. The second-order valence-corrected chi connectivity index (χ2v) is 3.58. The van der Waals surface area contributed by atoms with E-state index in [2.05, 4.69) is 15.9 Å². The Morgan fingerprint density at radius 1 is 1.50 bits per heavy atom. The first-order valence-corrected chi connectivity index (χ1v) is 4.45. The lowest BCUT2D eigenvalue weighted by molar-refractivity contribution is -0.386. The molecule has 14 heavy (non-hydrogen) atoms. The summed E-state index contributed by atoms with van der Waals surface area (Å²) in [6, 6.07) is 2.18. The molecule has 76 valence electrons. The molecule has 1 aromatic rings. The Kier molecular flexibility index (Phi) is 3.15. The molecule has 0 atom stereocenters. The zero-order valence-corrected chi connectivity index (χ0v) is 8.72. The monoisotopic (exact) mass is 265 g/mol. The Hall–Kier alpha value is -1.04. The summed E-state index contributed by atoms with van der Waals surface area (Å²) in [5.41, 5.74) is -0.172. The maximum Gasteiger partial charge on any atom is 0.286 e. The molecular weight excluding hydrogens is 260 g/mol. The second-order valence-electron chi connectivity index (χ2n) is 2.73. The van der Waals surface area contributed by atoms with Crippen LogP contribution in [0.1, 0.15) is 17.6 Å². The summed E-state index contributed by atoms with van der Waals surface area (Å²) in [7, 11) is 0. The lowest BCUT2D eigenvalue weighted by atomic mass is 10.1. The van der Waals surface area contributed by atoms with E-state index in [1.54, 1.807) is 0 Å². The van der Waals surface area contributed by atoms with Crippen LogP contribution in [0.25, 0.3) is 0 Å². The lowest BCUT2D eigenvalue weighted by Crippen LogP contribution is -1.95. The molecule has 0 spiro atoms. The van der Waals surface area contributed by atoms with Gasteiger partial charge in [0, 0.05) is 11.1 Å². The maximum atomic E-state index is 12.3. The molecule has 0 bridgehead atoms. The van der Waals surface area contributed by atoms with E-state index in [4.69, 9.17) is 0 Å². The summed E-state index contributed by atoms with van der Waals surface area (Å²) < 4.78 is 24.6. The van der Waals surface area contributed by atoms with E-state index in [0.29, 0.717) is 0 Å². The second kappa shape index (κ2) is 4.00. The Morgan fingerprint density at radius 2 is 2.07 bits per heavy atom. The molecule has 0 aliphatic carbocycles. The minimum absolute atomic E-state index is 0.0813. The summed E-state index contributed by atoms with van der Waals surface area (Å²) in [6.07, 6.45) is -2.62. The summed E-state index contributed by atoms with van der Waals surface area (Å²) in [6.45, 7) is 1.43. The van der Waals surface area contributed by atoms with Crippen molar-refractivity contribution in [3.05, 3.63) is 37.8 Å². The topological polar surface area (TPSA) is 43.1 Å². The van der Waals surface area contributed by atoms with Crippen molar-refractivity contribution in [2.24, 2.45) is 0 Å². The number of hydrogen-bond acceptors (Lipinski definition) is 2. The van der Waals surface area contributed by atoms with Crippen LogP contribution in [0.2, 0.25) is 0 Å². The van der Waals surface area contributed by atoms with Crippen molar-refractivity contribution in [1.82, 2.24) is 0 Å². The fourth-order valence-corrected chi connectivity index (χ4v) is 1.84. The van der Waals surface area contributed by atoms with Gasteiger partial charge in [-0.05, 0) is 35.0 Å². The molecule has 0 amide bonds. The van der Waals surface area contributed by atoms with Gasteiger partial charge in [-0.15, -0.1) is 0 Å². The average molecular weight is 266 g/mol. The van der Waals surface area contributed by atoms with Crippen LogP contribution in [0, 0.1) is 17.0 Å². The number of alkyl halides is 2. The number of halogens is 3. The van der Waals surface area contributed by atoms with E-state index in [0.717, 1.165) is 12.1 Å². The van der Waals surface area contributed by atoms with Crippen molar-refractivity contribution in [3.8, 4) is 0 Å². The SMILES string of the molecule is Cc1cc(C(F)F)cc(Br)c1[N+](=O)[O-]. The predicted octanol–water partition coefficient (Wildman–Crippen LogP) is 3.60. The standard InChI is InChI=1S/C8H6BrF2NO2/c1-4-2-5(8(10)11)3-6(9)7(4)12(13)14/h2-3,8H,1H3. The summed E-state index contributed by atoms with van der Waals surface area (Å²) in [5, 5.41) is 10.5. The van der Waals surface area contributed by atoms with Crippen molar-refractivity contribution in [2.45, 2.75) is 13.3 Å². The molecular formula is C8H6BrF2NO2. The van der Waals surface area contributed by atoms with E-state index in [1.807, 2.05) is 0 Å². The van der Waals surface area contributed by atoms with Crippen LogP contribution in [0.15, 0.2) is 16.6 Å². The van der Waals surface area contributed by atoms with Gasteiger partial charge in [-0.3, -0.25) is 10.1 Å². The molecule has 0 aliphatic heterocycles. The van der Waals surface area contributed by atoms with Gasteiger partial charge in [-0.2, -0.15) is 0 Å². The summed E-state index contributed by atoms with van der Waals surface area (Å²) >= 11 is 2.89. The van der Waals surface area contributed by atoms with Crippen molar-refractivity contribution >= 4 is 21.6 Å². The molecule has 6 heteroatoms. The van der Waals surface area contributed by atoms with Gasteiger partial charge in [0.1, 0.15) is 0 Å². The van der Waals surface area contributed by atoms with E-state index in [-0.39, 0.29) is 21.3 Å². The van der Waals surface area contributed by atoms with E-state index < -0.39 is 11.3 Å². The number of hydrogen-bond donors (Lipinski definition) is 0. The van der Waals surface area contributed by atoms with Crippen molar-refractivity contribution in [2.75, 3.05) is 0 Å². The Labute approximate surface area is 87.0 Å². The molecule has 0 N–H and O–H groups in total. The van der Waals surface area contributed by atoms with Crippen LogP contribution in [0.3, 0.4) is 0 Å². The summed E-state index contributed by atoms with van der Waals surface area (Å²) in [4.78, 5) is 9.91. The van der Waals surface area contributed by atoms with Crippen LogP contribution in [0.4, 0.5) is 14.5 Å². The fraction of sp³-hybridized carbons (Fsp3) is 0.250. The van der Waals surface area contributed by atoms with Gasteiger partial charge >= 0.3 is 0 Å². The Balaban J connectivity index is 3.32. The highest BCUT2D eigenvalue weighted by Gasteiger charge is 2.19. The minimum atomic E-state index is -2.62. The molecule has 0 saturated heterocycles. The highest BCUT2D eigenvalue weighted by atomic mass is 79.9. The third-order valence-electron chi connectivity index (χ3n) is 1.71. The van der Waals surface area contributed by atoms with Crippen LogP contribution >= 0.6 is 15.9 Å². The first-order chi connectivity index (χ1) is 6.43. The molecule has 0 heterocycles. The third-order valence-corrected chi connectivity index (χ3v) is 2.32. The quantitative estimate of drug-likeness (QED) is 0.606. The molecule has 0 aromatic heterocycles. The highest BCUT2D eigenvalue weighted by Crippen LogP contribution is 2.33. The molecule has 1 rings (SSSR count). The molecule has 0 radical (unpaired) electrons. The van der Waals surface area contributed by atoms with Gasteiger partial charge in [0.25, 0.3) is 12.1 Å². The Bertz CT molecular complexity index is 359. The first kappa shape index (κ1) is 11.0. The zero-order valence-electron chi connectivity index (χ0n) is 7.13. The van der Waals surface area contributed by atoms with Gasteiger partial charge in [-0.25, -0.2) is 8.78 Å². The number of nitrogens with zero attached hydrogens (tertiary/aromatic N) is 1. The Morgan fingerprint density at radius 3 is 2.43 bits per heavy atom. The number of nitro groups is 1. The van der Waals surface area contributed by atoms with E-state index >= 15 is 0 Å². The number of benzene rings is 1. The first-order valence-electron chi connectivity index (χ1n) is 3.66. The molecule has 0 saturated carbocycles. The van der Waals surface area contributed by atoms with Crippen LogP contribution < -0.4 is 0 Å². The van der Waals surface area contributed by atoms with E-state index in [9.17, 15) is 18.9 Å². The van der Waals surface area contributed by atoms with Crippen LogP contribution in [-0.2, 0) is 0 Å². The number of rotatable bonds is 2. The fourth-order valence-electron chi connectivity index (χ4n) is 1.12. The largest absolute Gasteiger partial charge is 0.286 e. The van der Waals surface area contributed by atoms with Gasteiger partial charge in [0.15, 0.2) is 0 Å². The van der Waals surface area contributed by atoms with Crippen molar-refractivity contribution < 1.29 is 13.7 Å². The smallest absolute Gasteiger partial charge is 0.258 e. The van der Waals surface area contributed by atoms with Gasteiger partial charge in [-0.1, -0.05) is 0 Å². The van der Waals surface area contributed by atoms with Gasteiger partial charge < -0.3 is 0 Å². The maximum absolute atomic E-state index is 12.3. The molecule has 3 nitrogen and oxygen atoms in total. The lowest BCUT2D eigenvalue weighted by Gasteiger charge is -2.04. The molecule has 0 fully saturated rings. The number of nitro benzene ring substituents is 1. The van der Waals surface area contributed by atoms with E-state index in [1.165, 1.54) is 6.92 Å². The predicted molar refractivity (Wildman–Crippen MR) is 50.5 cm³/mol. The third kappa shape index (κ3) is 2.06. The van der Waals surface area contributed by atoms with Crippen LogP contribution in [-0.4, -0.2) is 4.92 Å². The van der Waals surface area contributed by atoms with Crippen molar-refractivity contribution in [3.63, 3.8) is 0 Å². The summed E-state index contributed by atoms with van der Waals surface area (Å²) in [5.74, 6) is 0. The van der Waals surface area contributed by atoms with Gasteiger partial charge in [0.2, 0.25) is 0 Å². The average Bonchev–Trinajstić information content (AvgIpc) is 2.01. The molecule has 1 aromatic carbocycles. The zero-order chi connectivity index (χ0) is 10.9. The van der Waals surface area contributed by atoms with Crippen LogP contribution in [0.5, 0.6) is 0 Å². The molecule has 0 aliphatic rings. The minimum Gasteiger partial charge on any atom is -0.258 e. The van der Waals surface area contributed by atoms with Crippen molar-refractivity contribution in [1.29, 1.82) is 0 Å².